The molecule has 138 valence electrons. The Hall–Kier alpha value is -2.70. The molecule has 27 heavy (non-hydrogen) atoms. The van der Waals surface area contributed by atoms with Gasteiger partial charge in [-0.2, -0.15) is 5.10 Å². The average molecular weight is 400 g/mol. The molecule has 0 bridgehead atoms. The summed E-state index contributed by atoms with van der Waals surface area (Å²) in [5.74, 6) is -0.795. The molecule has 3 rings (SSSR count). The molecule has 0 aliphatic carbocycles. The number of hydrazone groups is 1. The predicted octanol–water partition coefficient (Wildman–Crippen LogP) is 4.05. The number of rotatable bonds is 5. The number of aryl methyl sites for hydroxylation is 2. The fourth-order valence-corrected chi connectivity index (χ4v) is 4.02. The van der Waals surface area contributed by atoms with E-state index in [0.29, 0.717) is 9.90 Å². The topological polar surface area (TPSA) is 70.6 Å². The first-order valence-corrected chi connectivity index (χ1v) is 9.49. The quantitative estimate of drug-likeness (QED) is 0.502. The van der Waals surface area contributed by atoms with E-state index < -0.39 is 5.91 Å². The van der Waals surface area contributed by atoms with Crippen LogP contribution >= 0.6 is 22.9 Å². The zero-order valence-electron chi connectivity index (χ0n) is 14.9. The van der Waals surface area contributed by atoms with Crippen LogP contribution in [0.4, 0.5) is 0 Å². The van der Waals surface area contributed by atoms with Gasteiger partial charge >= 0.3 is 0 Å². The number of hydrogen-bond acceptors (Lipinski definition) is 4. The molecule has 5 nitrogen and oxygen atoms in total. The number of carbonyl (C=O) groups excluding carboxylic acids is 2. The van der Waals surface area contributed by atoms with Crippen molar-refractivity contribution in [3.05, 3.63) is 69.1 Å². The van der Waals surface area contributed by atoms with Crippen molar-refractivity contribution in [2.45, 2.75) is 13.8 Å². The van der Waals surface area contributed by atoms with Gasteiger partial charge in [0.1, 0.15) is 4.88 Å². The van der Waals surface area contributed by atoms with Crippen LogP contribution in [0.25, 0.3) is 10.1 Å². The minimum atomic E-state index is -0.415. The summed E-state index contributed by atoms with van der Waals surface area (Å²) in [6.07, 6.45) is 1.58. The first kappa shape index (κ1) is 19.1. The number of hydrogen-bond donors (Lipinski definition) is 2. The van der Waals surface area contributed by atoms with E-state index in [9.17, 15) is 9.59 Å². The highest BCUT2D eigenvalue weighted by Gasteiger charge is 2.17. The zero-order valence-corrected chi connectivity index (χ0v) is 16.4. The van der Waals surface area contributed by atoms with Gasteiger partial charge in [0.25, 0.3) is 11.8 Å². The summed E-state index contributed by atoms with van der Waals surface area (Å²) in [6.45, 7) is 3.81. The second-order valence-corrected chi connectivity index (χ2v) is 7.51. The molecule has 0 aliphatic rings. The lowest BCUT2D eigenvalue weighted by molar-refractivity contribution is -0.120. The second-order valence-electron chi connectivity index (χ2n) is 6.08. The Bertz CT molecular complexity index is 1040. The fourth-order valence-electron chi connectivity index (χ4n) is 2.58. The lowest BCUT2D eigenvalue weighted by Gasteiger charge is -2.04. The summed E-state index contributed by atoms with van der Waals surface area (Å²) in [7, 11) is 0. The lowest BCUT2D eigenvalue weighted by Crippen LogP contribution is -2.34. The Morgan fingerprint density at radius 3 is 2.70 bits per heavy atom. The molecule has 0 saturated heterocycles. The van der Waals surface area contributed by atoms with Gasteiger partial charge in [-0.3, -0.25) is 9.59 Å². The molecule has 0 spiro atoms. The molecule has 1 heterocycles. The molecule has 3 aromatic rings. The van der Waals surface area contributed by atoms with Crippen molar-refractivity contribution in [2.24, 2.45) is 5.10 Å². The van der Waals surface area contributed by atoms with Crippen LogP contribution in [0.3, 0.4) is 0 Å². The summed E-state index contributed by atoms with van der Waals surface area (Å²) in [4.78, 5) is 24.6. The van der Waals surface area contributed by atoms with E-state index in [2.05, 4.69) is 15.8 Å². The van der Waals surface area contributed by atoms with E-state index in [0.717, 1.165) is 26.8 Å². The summed E-state index contributed by atoms with van der Waals surface area (Å²) in [5, 5.41) is 7.74. The number of fused-ring (bicyclic) bond motifs is 1. The Morgan fingerprint density at radius 2 is 1.96 bits per heavy atom. The molecule has 0 aliphatic heterocycles. The van der Waals surface area contributed by atoms with Crippen LogP contribution in [-0.4, -0.2) is 24.6 Å². The van der Waals surface area contributed by atoms with E-state index in [1.165, 1.54) is 11.3 Å². The predicted molar refractivity (Wildman–Crippen MR) is 111 cm³/mol. The van der Waals surface area contributed by atoms with Crippen LogP contribution in [0.15, 0.2) is 47.6 Å². The van der Waals surface area contributed by atoms with Gasteiger partial charge in [-0.05, 0) is 31.0 Å². The maximum Gasteiger partial charge on any atom is 0.263 e. The summed E-state index contributed by atoms with van der Waals surface area (Å²) < 4.78 is 0.926. The van der Waals surface area contributed by atoms with Crippen molar-refractivity contribution in [3.63, 3.8) is 0 Å². The van der Waals surface area contributed by atoms with E-state index in [4.69, 9.17) is 11.6 Å². The number of thiophene rings is 1. The lowest BCUT2D eigenvalue weighted by atomic mass is 10.1. The average Bonchev–Trinajstić information content (AvgIpc) is 2.99. The Balaban J connectivity index is 1.56. The van der Waals surface area contributed by atoms with Gasteiger partial charge in [0.05, 0.1) is 17.8 Å². The third-order valence-corrected chi connectivity index (χ3v) is 5.64. The molecular weight excluding hydrogens is 382 g/mol. The van der Waals surface area contributed by atoms with Gasteiger partial charge in [-0.25, -0.2) is 5.43 Å². The Morgan fingerprint density at radius 1 is 1.19 bits per heavy atom. The number of carbonyl (C=O) groups is 2. The molecule has 0 saturated carbocycles. The van der Waals surface area contributed by atoms with E-state index in [-0.39, 0.29) is 12.5 Å². The molecule has 0 unspecified atom stereocenters. The molecule has 7 heteroatoms. The summed E-state index contributed by atoms with van der Waals surface area (Å²) in [6, 6.07) is 13.5. The van der Waals surface area contributed by atoms with Crippen molar-refractivity contribution < 1.29 is 9.59 Å². The minimum Gasteiger partial charge on any atom is -0.342 e. The molecule has 2 aromatic carbocycles. The van der Waals surface area contributed by atoms with Crippen molar-refractivity contribution in [3.8, 4) is 0 Å². The van der Waals surface area contributed by atoms with Crippen LogP contribution in [-0.2, 0) is 4.79 Å². The van der Waals surface area contributed by atoms with Crippen LogP contribution in [0.1, 0.15) is 26.4 Å². The normalized spacial score (nSPS) is 11.1. The third-order valence-electron chi connectivity index (χ3n) is 3.97. The molecule has 2 N–H and O–H groups in total. The monoisotopic (exact) mass is 399 g/mol. The van der Waals surface area contributed by atoms with Gasteiger partial charge in [0, 0.05) is 10.1 Å². The Kier molecular flexibility index (Phi) is 5.88. The standard InChI is InChI=1S/C20H18ClN3O2S/c1-12-7-8-14(13(2)9-12)10-23-24-17(25)11-22-20(26)19-18(21)15-5-3-4-6-16(15)27-19/h3-10H,11H2,1-2H3,(H,22,26)(H,24,25). The summed E-state index contributed by atoms with van der Waals surface area (Å²) >= 11 is 7.57. The highest BCUT2D eigenvalue weighted by Crippen LogP contribution is 2.34. The van der Waals surface area contributed by atoms with Crippen molar-refractivity contribution >= 4 is 51.1 Å². The zero-order chi connectivity index (χ0) is 19.4. The molecule has 0 atom stereocenters. The van der Waals surface area contributed by atoms with E-state index >= 15 is 0 Å². The van der Waals surface area contributed by atoms with Crippen LogP contribution in [0.2, 0.25) is 5.02 Å². The van der Waals surface area contributed by atoms with Gasteiger partial charge < -0.3 is 5.32 Å². The van der Waals surface area contributed by atoms with Crippen LogP contribution in [0, 0.1) is 13.8 Å². The maximum absolute atomic E-state index is 12.3. The van der Waals surface area contributed by atoms with Crippen molar-refractivity contribution in [2.75, 3.05) is 6.54 Å². The largest absolute Gasteiger partial charge is 0.342 e. The number of nitrogens with zero attached hydrogens (tertiary/aromatic N) is 1. The highest BCUT2D eigenvalue weighted by atomic mass is 35.5. The number of benzene rings is 2. The van der Waals surface area contributed by atoms with Gasteiger partial charge in [0.2, 0.25) is 0 Å². The molecular formula is C20H18ClN3O2S. The molecule has 0 radical (unpaired) electrons. The molecule has 0 fully saturated rings. The van der Waals surface area contributed by atoms with E-state index in [1.807, 2.05) is 56.3 Å². The number of nitrogens with one attached hydrogen (secondary N) is 2. The molecule has 2 amide bonds. The SMILES string of the molecule is Cc1ccc(C=NNC(=O)CNC(=O)c2sc3ccccc3c2Cl)c(C)c1. The second kappa shape index (κ2) is 8.33. The van der Waals surface area contributed by atoms with E-state index in [1.54, 1.807) is 6.21 Å². The fraction of sp³-hybridized carbons (Fsp3) is 0.150. The Labute approximate surface area is 166 Å². The smallest absolute Gasteiger partial charge is 0.263 e. The number of amides is 2. The van der Waals surface area contributed by atoms with Crippen LogP contribution < -0.4 is 10.7 Å². The third kappa shape index (κ3) is 4.53. The van der Waals surface area contributed by atoms with Gasteiger partial charge in [-0.1, -0.05) is 53.6 Å². The molecule has 1 aromatic heterocycles. The van der Waals surface area contributed by atoms with Gasteiger partial charge in [-0.15, -0.1) is 11.3 Å². The van der Waals surface area contributed by atoms with Crippen molar-refractivity contribution in [1.29, 1.82) is 0 Å². The van der Waals surface area contributed by atoms with Crippen molar-refractivity contribution in [1.82, 2.24) is 10.7 Å². The summed E-state index contributed by atoms with van der Waals surface area (Å²) in [5.41, 5.74) is 5.56. The first-order valence-electron chi connectivity index (χ1n) is 8.30. The van der Waals surface area contributed by atoms with Gasteiger partial charge in [0.15, 0.2) is 0 Å². The maximum atomic E-state index is 12.3. The van der Waals surface area contributed by atoms with Crippen LogP contribution in [0.5, 0.6) is 0 Å². The first-order chi connectivity index (χ1) is 13.0. The number of halogens is 1. The highest BCUT2D eigenvalue weighted by molar-refractivity contribution is 7.21. The minimum absolute atomic E-state index is 0.187.